The van der Waals surface area contributed by atoms with Gasteiger partial charge in [0.05, 0.1) is 16.5 Å². The van der Waals surface area contributed by atoms with Crippen molar-refractivity contribution in [3.63, 3.8) is 0 Å². The second kappa shape index (κ2) is 7.08. The third-order valence-electron chi connectivity index (χ3n) is 4.49. The Morgan fingerprint density at radius 2 is 1.70 bits per heavy atom. The zero-order valence-electron chi connectivity index (χ0n) is 14.3. The van der Waals surface area contributed by atoms with E-state index in [4.69, 9.17) is 11.6 Å². The number of carbonyl (C=O) groups excluding carboxylic acids is 1. The highest BCUT2D eigenvalue weighted by molar-refractivity contribution is 6.31. The first-order chi connectivity index (χ1) is 12.7. The zero-order valence-corrected chi connectivity index (χ0v) is 15.1. The van der Waals surface area contributed by atoms with E-state index in [1.54, 1.807) is 6.92 Å². The molecule has 0 saturated carbocycles. The summed E-state index contributed by atoms with van der Waals surface area (Å²) in [4.78, 5) is 28.4. The maximum Gasteiger partial charge on any atom is 0.255 e. The van der Waals surface area contributed by atoms with Gasteiger partial charge >= 0.3 is 0 Å². The maximum atomic E-state index is 13.7. The van der Waals surface area contributed by atoms with Crippen LogP contribution in [0.3, 0.4) is 0 Å². The first kappa shape index (κ1) is 19.0. The van der Waals surface area contributed by atoms with Crippen LogP contribution in [0.1, 0.15) is 28.9 Å². The van der Waals surface area contributed by atoms with Crippen molar-refractivity contribution in [1.29, 1.82) is 0 Å². The molecular weight excluding hydrogens is 381 g/mol. The molecule has 0 bridgehead atoms. The molecule has 0 unspecified atom stereocenters. The average molecular weight is 395 g/mol. The number of nitrogens with one attached hydrogen (secondary N) is 1. The normalized spacial score (nSPS) is 12.2. The molecule has 0 saturated heterocycles. The van der Waals surface area contributed by atoms with Gasteiger partial charge in [-0.05, 0) is 48.2 Å². The van der Waals surface area contributed by atoms with E-state index in [2.05, 4.69) is 4.98 Å². The third kappa shape index (κ3) is 3.42. The molecule has 140 valence electrons. The summed E-state index contributed by atoms with van der Waals surface area (Å²) in [6.07, 6.45) is 1.36. The number of carbonyl (C=O) groups is 1. The molecule has 27 heavy (non-hydrogen) atoms. The molecule has 0 aliphatic carbocycles. The summed E-state index contributed by atoms with van der Waals surface area (Å²) >= 11 is 5.72. The highest BCUT2D eigenvalue weighted by atomic mass is 35.5. The summed E-state index contributed by atoms with van der Waals surface area (Å²) in [5.41, 5.74) is 0.0217. The number of benzene rings is 2. The fourth-order valence-corrected chi connectivity index (χ4v) is 3.02. The SMILES string of the molecule is C[C@H](c1c[nH]c(=O)c2cc(F)c(F)cc12)N(C)C(=O)c1ccc(F)c(Cl)c1. The Balaban J connectivity index is 2.04. The predicted octanol–water partition coefficient (Wildman–Crippen LogP) is 4.43. The van der Waals surface area contributed by atoms with Crippen LogP contribution in [-0.2, 0) is 0 Å². The molecule has 4 nitrogen and oxygen atoms in total. The summed E-state index contributed by atoms with van der Waals surface area (Å²) in [5.74, 6) is -3.33. The van der Waals surface area contributed by atoms with Gasteiger partial charge in [0.15, 0.2) is 11.6 Å². The minimum absolute atomic E-state index is 0.0241. The predicted molar refractivity (Wildman–Crippen MR) is 96.4 cm³/mol. The molecule has 3 rings (SSSR count). The van der Waals surface area contributed by atoms with Gasteiger partial charge in [0.25, 0.3) is 11.5 Å². The highest BCUT2D eigenvalue weighted by Gasteiger charge is 2.22. The van der Waals surface area contributed by atoms with E-state index >= 15 is 0 Å². The van der Waals surface area contributed by atoms with Gasteiger partial charge in [-0.1, -0.05) is 11.6 Å². The summed E-state index contributed by atoms with van der Waals surface area (Å²) in [6.45, 7) is 1.66. The van der Waals surface area contributed by atoms with Crippen LogP contribution in [0.25, 0.3) is 10.8 Å². The lowest BCUT2D eigenvalue weighted by Crippen LogP contribution is -2.30. The lowest BCUT2D eigenvalue weighted by atomic mass is 10.0. The molecule has 0 radical (unpaired) electrons. The smallest absolute Gasteiger partial charge is 0.255 e. The number of rotatable bonds is 3. The molecule has 0 aliphatic rings. The van der Waals surface area contributed by atoms with Gasteiger partial charge in [-0.2, -0.15) is 0 Å². The Bertz CT molecular complexity index is 1110. The second-order valence-corrected chi connectivity index (χ2v) is 6.51. The molecule has 0 spiro atoms. The van der Waals surface area contributed by atoms with Gasteiger partial charge in [0.2, 0.25) is 0 Å². The number of nitrogens with zero attached hydrogens (tertiary/aromatic N) is 1. The first-order valence-corrected chi connectivity index (χ1v) is 8.31. The number of H-pyrrole nitrogens is 1. The Morgan fingerprint density at radius 1 is 1.07 bits per heavy atom. The number of aromatic amines is 1. The van der Waals surface area contributed by atoms with Crippen LogP contribution in [0, 0.1) is 17.5 Å². The van der Waals surface area contributed by atoms with E-state index in [0.717, 1.165) is 18.2 Å². The van der Waals surface area contributed by atoms with Crippen LogP contribution in [0.2, 0.25) is 5.02 Å². The summed E-state index contributed by atoms with van der Waals surface area (Å²) in [5, 5.41) is -0.0141. The fraction of sp³-hybridized carbons (Fsp3) is 0.158. The minimum Gasteiger partial charge on any atom is -0.335 e. The Kier molecular flexibility index (Phi) is 4.97. The van der Waals surface area contributed by atoms with E-state index < -0.39 is 35.0 Å². The van der Waals surface area contributed by atoms with Gasteiger partial charge in [0.1, 0.15) is 5.82 Å². The molecule has 0 fully saturated rings. The molecule has 0 aliphatic heterocycles. The molecular formula is C19H14ClF3N2O2. The van der Waals surface area contributed by atoms with E-state index in [0.29, 0.717) is 5.56 Å². The number of amides is 1. The maximum absolute atomic E-state index is 13.7. The standard InChI is InChI=1S/C19H14ClF3N2O2/c1-9(25(2)19(27)10-3-4-15(21)14(20)5-10)13-8-24-18(26)12-7-17(23)16(22)6-11(12)13/h3-9H,1-2H3,(H,24,26)/t9-/m1/s1. The third-order valence-corrected chi connectivity index (χ3v) is 4.78. The minimum atomic E-state index is -1.14. The Hall–Kier alpha value is -2.80. The molecule has 1 atom stereocenters. The van der Waals surface area contributed by atoms with Gasteiger partial charge in [-0.25, -0.2) is 13.2 Å². The van der Waals surface area contributed by atoms with E-state index in [9.17, 15) is 22.8 Å². The van der Waals surface area contributed by atoms with Crippen molar-refractivity contribution in [2.75, 3.05) is 7.05 Å². The Morgan fingerprint density at radius 3 is 2.33 bits per heavy atom. The molecule has 1 N–H and O–H groups in total. The zero-order chi connectivity index (χ0) is 19.9. The topological polar surface area (TPSA) is 53.2 Å². The van der Waals surface area contributed by atoms with E-state index in [1.807, 2.05) is 0 Å². The van der Waals surface area contributed by atoms with Crippen LogP contribution in [0.15, 0.2) is 41.3 Å². The van der Waals surface area contributed by atoms with Gasteiger partial charge in [-0.15, -0.1) is 0 Å². The number of pyridine rings is 1. The van der Waals surface area contributed by atoms with Crippen molar-refractivity contribution < 1.29 is 18.0 Å². The van der Waals surface area contributed by atoms with E-state index in [-0.39, 0.29) is 21.4 Å². The van der Waals surface area contributed by atoms with Gasteiger partial charge in [-0.3, -0.25) is 9.59 Å². The van der Waals surface area contributed by atoms with Crippen LogP contribution in [-0.4, -0.2) is 22.8 Å². The number of halogens is 4. The van der Waals surface area contributed by atoms with Crippen molar-refractivity contribution >= 4 is 28.3 Å². The lowest BCUT2D eigenvalue weighted by Gasteiger charge is -2.26. The fourth-order valence-electron chi connectivity index (χ4n) is 2.84. The first-order valence-electron chi connectivity index (χ1n) is 7.93. The van der Waals surface area contributed by atoms with Crippen LogP contribution < -0.4 is 5.56 Å². The molecule has 3 aromatic rings. The van der Waals surface area contributed by atoms with Crippen molar-refractivity contribution in [3.8, 4) is 0 Å². The number of hydrogen-bond donors (Lipinski definition) is 1. The van der Waals surface area contributed by atoms with Crippen molar-refractivity contribution in [3.05, 3.63) is 80.5 Å². The van der Waals surface area contributed by atoms with Crippen molar-refractivity contribution in [1.82, 2.24) is 9.88 Å². The molecule has 1 aromatic heterocycles. The molecule has 2 aromatic carbocycles. The summed E-state index contributed by atoms with van der Waals surface area (Å²) in [6, 6.07) is 4.74. The monoisotopic (exact) mass is 394 g/mol. The van der Waals surface area contributed by atoms with Crippen LogP contribution in [0.4, 0.5) is 13.2 Å². The largest absolute Gasteiger partial charge is 0.335 e. The molecule has 1 amide bonds. The highest BCUT2D eigenvalue weighted by Crippen LogP contribution is 2.28. The van der Waals surface area contributed by atoms with Gasteiger partial charge in [0, 0.05) is 18.8 Å². The molecule has 1 heterocycles. The lowest BCUT2D eigenvalue weighted by molar-refractivity contribution is 0.0743. The van der Waals surface area contributed by atoms with Crippen molar-refractivity contribution in [2.45, 2.75) is 13.0 Å². The van der Waals surface area contributed by atoms with Crippen LogP contribution >= 0.6 is 11.6 Å². The average Bonchev–Trinajstić information content (AvgIpc) is 2.64. The van der Waals surface area contributed by atoms with Gasteiger partial charge < -0.3 is 9.88 Å². The number of hydrogen-bond acceptors (Lipinski definition) is 2. The Labute approximate surface area is 157 Å². The molecule has 8 heteroatoms. The van der Waals surface area contributed by atoms with Crippen LogP contribution in [0.5, 0.6) is 0 Å². The summed E-state index contributed by atoms with van der Waals surface area (Å²) in [7, 11) is 1.50. The summed E-state index contributed by atoms with van der Waals surface area (Å²) < 4.78 is 40.5. The number of aromatic nitrogens is 1. The quantitative estimate of drug-likeness (QED) is 0.714. The number of fused-ring (bicyclic) bond motifs is 1. The van der Waals surface area contributed by atoms with E-state index in [1.165, 1.54) is 30.3 Å². The van der Waals surface area contributed by atoms with Crippen molar-refractivity contribution in [2.24, 2.45) is 0 Å². The second-order valence-electron chi connectivity index (χ2n) is 6.11.